The van der Waals surface area contributed by atoms with E-state index in [-0.39, 0.29) is 30.2 Å². The summed E-state index contributed by atoms with van der Waals surface area (Å²) in [6, 6.07) is 19.7. The fraction of sp³-hybridized carbons (Fsp3) is 0.310. The first-order valence-corrected chi connectivity index (χ1v) is 14.9. The second-order valence-corrected chi connectivity index (χ2v) is 11.6. The lowest BCUT2D eigenvalue weighted by Crippen LogP contribution is -2.52. The Morgan fingerprint density at radius 2 is 1.45 bits per heavy atom. The van der Waals surface area contributed by atoms with Gasteiger partial charge in [-0.2, -0.15) is 0 Å². The molecular formula is C29H30Cl4N2O2S. The summed E-state index contributed by atoms with van der Waals surface area (Å²) < 4.78 is 0. The molecule has 202 valence electrons. The number of carbonyl (C=O) groups is 2. The van der Waals surface area contributed by atoms with E-state index < -0.39 is 6.04 Å². The summed E-state index contributed by atoms with van der Waals surface area (Å²) in [5, 5.41) is 4.86. The van der Waals surface area contributed by atoms with Crippen molar-refractivity contribution in [3.63, 3.8) is 0 Å². The van der Waals surface area contributed by atoms with Gasteiger partial charge in [-0.05, 0) is 54.3 Å². The smallest absolute Gasteiger partial charge is 0.243 e. The van der Waals surface area contributed by atoms with E-state index in [1.807, 2.05) is 56.3 Å². The predicted octanol–water partition coefficient (Wildman–Crippen LogP) is 8.09. The number of nitrogens with one attached hydrogen (secondary N) is 1. The van der Waals surface area contributed by atoms with Crippen molar-refractivity contribution >= 4 is 70.0 Å². The quantitative estimate of drug-likeness (QED) is 0.225. The summed E-state index contributed by atoms with van der Waals surface area (Å²) in [7, 11) is 0. The average Bonchev–Trinajstić information content (AvgIpc) is 2.90. The molecule has 2 unspecified atom stereocenters. The lowest BCUT2D eigenvalue weighted by Gasteiger charge is -2.32. The molecule has 2 amide bonds. The predicted molar refractivity (Wildman–Crippen MR) is 161 cm³/mol. The SMILES string of the molecule is CCC(C)NC(=O)C(Cc1ccccc1)N(Cc1ccc(Cl)c(Cl)c1)C(=O)CSCc1ccc(Cl)c(Cl)c1. The summed E-state index contributed by atoms with van der Waals surface area (Å²) in [5.41, 5.74) is 2.72. The van der Waals surface area contributed by atoms with Gasteiger partial charge in [0.25, 0.3) is 0 Å². The van der Waals surface area contributed by atoms with Crippen molar-refractivity contribution in [1.29, 1.82) is 0 Å². The standard InChI is InChI=1S/C29H30Cl4N2O2S/c1-3-19(2)34-29(37)27(15-20-7-5-4-6-8-20)35(16-21-9-11-23(30)25(32)13-21)28(36)18-38-17-22-10-12-24(31)26(33)14-22/h4-14,19,27H,3,15-18H2,1-2H3,(H,34,37). The molecule has 1 N–H and O–H groups in total. The van der Waals surface area contributed by atoms with Crippen molar-refractivity contribution in [1.82, 2.24) is 10.2 Å². The molecule has 0 saturated carbocycles. The third-order valence-corrected chi connectivity index (χ3v) is 8.55. The van der Waals surface area contributed by atoms with Crippen molar-refractivity contribution in [3.05, 3.63) is 104 Å². The second-order valence-electron chi connectivity index (χ2n) is 9.03. The number of nitrogens with zero attached hydrogens (tertiary/aromatic N) is 1. The molecule has 3 rings (SSSR count). The average molecular weight is 612 g/mol. The Morgan fingerprint density at radius 3 is 2.05 bits per heavy atom. The summed E-state index contributed by atoms with van der Waals surface area (Å²) in [4.78, 5) is 28.9. The second kappa shape index (κ2) is 15.0. The van der Waals surface area contributed by atoms with Crippen LogP contribution in [0.1, 0.15) is 37.0 Å². The van der Waals surface area contributed by atoms with E-state index in [2.05, 4.69) is 5.32 Å². The van der Waals surface area contributed by atoms with E-state index in [0.717, 1.165) is 23.1 Å². The van der Waals surface area contributed by atoms with Crippen LogP contribution in [0.2, 0.25) is 20.1 Å². The number of hydrogen-bond acceptors (Lipinski definition) is 3. The van der Waals surface area contributed by atoms with Gasteiger partial charge in [-0.3, -0.25) is 9.59 Å². The summed E-state index contributed by atoms with van der Waals surface area (Å²) in [5.74, 6) is 0.419. The highest BCUT2D eigenvalue weighted by molar-refractivity contribution is 7.99. The number of thioether (sulfide) groups is 1. The Hall–Kier alpha value is -1.89. The maximum atomic E-state index is 13.7. The molecule has 9 heteroatoms. The Labute approximate surface area is 249 Å². The van der Waals surface area contributed by atoms with Crippen molar-refractivity contribution in [2.24, 2.45) is 0 Å². The molecule has 0 aliphatic carbocycles. The first kappa shape index (κ1) is 30.6. The number of amides is 2. The minimum Gasteiger partial charge on any atom is -0.352 e. The number of carbonyl (C=O) groups excluding carboxylic acids is 2. The zero-order chi connectivity index (χ0) is 27.7. The molecule has 0 saturated heterocycles. The van der Waals surface area contributed by atoms with Gasteiger partial charge in [0.1, 0.15) is 6.04 Å². The van der Waals surface area contributed by atoms with Crippen LogP contribution < -0.4 is 5.32 Å². The third-order valence-electron chi connectivity index (χ3n) is 6.09. The van der Waals surface area contributed by atoms with Gasteiger partial charge in [0.05, 0.1) is 25.8 Å². The van der Waals surface area contributed by atoms with Gasteiger partial charge in [-0.15, -0.1) is 11.8 Å². The maximum Gasteiger partial charge on any atom is 0.243 e. The molecule has 0 fully saturated rings. The fourth-order valence-corrected chi connectivity index (χ4v) is 5.30. The van der Waals surface area contributed by atoms with Crippen LogP contribution in [0.15, 0.2) is 66.7 Å². The van der Waals surface area contributed by atoms with Crippen LogP contribution in [-0.4, -0.2) is 34.6 Å². The Morgan fingerprint density at radius 1 is 0.842 bits per heavy atom. The Balaban J connectivity index is 1.87. The van der Waals surface area contributed by atoms with E-state index in [9.17, 15) is 9.59 Å². The topological polar surface area (TPSA) is 49.4 Å². The van der Waals surface area contributed by atoms with E-state index in [1.54, 1.807) is 29.2 Å². The number of hydrogen-bond donors (Lipinski definition) is 1. The van der Waals surface area contributed by atoms with Crippen LogP contribution in [0.3, 0.4) is 0 Å². The van der Waals surface area contributed by atoms with Gasteiger partial charge < -0.3 is 10.2 Å². The molecule has 3 aromatic rings. The van der Waals surface area contributed by atoms with Gasteiger partial charge >= 0.3 is 0 Å². The van der Waals surface area contributed by atoms with Crippen LogP contribution in [-0.2, 0) is 28.3 Å². The van der Waals surface area contributed by atoms with Crippen LogP contribution in [0, 0.1) is 0 Å². The fourth-order valence-electron chi connectivity index (χ4n) is 3.80. The molecular weight excluding hydrogens is 582 g/mol. The van der Waals surface area contributed by atoms with E-state index >= 15 is 0 Å². The van der Waals surface area contributed by atoms with Crippen molar-refractivity contribution in [3.8, 4) is 0 Å². The van der Waals surface area contributed by atoms with E-state index in [4.69, 9.17) is 46.4 Å². The highest BCUT2D eigenvalue weighted by Crippen LogP contribution is 2.27. The maximum absolute atomic E-state index is 13.7. The number of benzene rings is 3. The van der Waals surface area contributed by atoms with E-state index in [1.165, 1.54) is 11.8 Å². The normalized spacial score (nSPS) is 12.6. The molecule has 0 radical (unpaired) electrons. The summed E-state index contributed by atoms with van der Waals surface area (Å²) in [6.07, 6.45) is 1.16. The first-order valence-electron chi connectivity index (χ1n) is 12.3. The van der Waals surface area contributed by atoms with E-state index in [0.29, 0.717) is 32.3 Å². The molecule has 0 aliphatic rings. The lowest BCUT2D eigenvalue weighted by atomic mass is 10.0. The van der Waals surface area contributed by atoms with Crippen LogP contribution in [0.25, 0.3) is 0 Å². The van der Waals surface area contributed by atoms with Crippen LogP contribution in [0.5, 0.6) is 0 Å². The molecule has 0 bridgehead atoms. The van der Waals surface area contributed by atoms with Crippen molar-refractivity contribution < 1.29 is 9.59 Å². The highest BCUT2D eigenvalue weighted by Gasteiger charge is 2.31. The first-order chi connectivity index (χ1) is 18.2. The molecule has 4 nitrogen and oxygen atoms in total. The largest absolute Gasteiger partial charge is 0.352 e. The lowest BCUT2D eigenvalue weighted by molar-refractivity contribution is -0.139. The highest BCUT2D eigenvalue weighted by atomic mass is 35.5. The molecule has 0 heterocycles. The Kier molecular flexibility index (Phi) is 12.1. The molecule has 2 atom stereocenters. The van der Waals surface area contributed by atoms with Gasteiger partial charge in [0.15, 0.2) is 0 Å². The Bertz CT molecular complexity index is 1240. The summed E-state index contributed by atoms with van der Waals surface area (Å²) in [6.45, 7) is 4.18. The minimum absolute atomic E-state index is 0.0215. The van der Waals surface area contributed by atoms with Crippen molar-refractivity contribution in [2.45, 2.75) is 51.1 Å². The number of rotatable bonds is 12. The third kappa shape index (κ3) is 9.10. The van der Waals surface area contributed by atoms with Crippen molar-refractivity contribution in [2.75, 3.05) is 5.75 Å². The molecule has 0 spiro atoms. The van der Waals surface area contributed by atoms with Gasteiger partial charge in [0.2, 0.25) is 11.8 Å². The molecule has 3 aromatic carbocycles. The summed E-state index contributed by atoms with van der Waals surface area (Å²) >= 11 is 26.0. The number of halogens is 4. The van der Waals surface area contributed by atoms with Gasteiger partial charge in [-0.1, -0.05) is 95.8 Å². The van der Waals surface area contributed by atoms with Crippen LogP contribution in [0.4, 0.5) is 0 Å². The minimum atomic E-state index is -0.709. The molecule has 38 heavy (non-hydrogen) atoms. The zero-order valence-electron chi connectivity index (χ0n) is 21.2. The molecule has 0 aromatic heterocycles. The monoisotopic (exact) mass is 610 g/mol. The van der Waals surface area contributed by atoms with Gasteiger partial charge in [0, 0.05) is 24.8 Å². The molecule has 0 aliphatic heterocycles. The van der Waals surface area contributed by atoms with Gasteiger partial charge in [-0.25, -0.2) is 0 Å². The zero-order valence-corrected chi connectivity index (χ0v) is 25.1. The van der Waals surface area contributed by atoms with Crippen LogP contribution >= 0.6 is 58.2 Å².